The summed E-state index contributed by atoms with van der Waals surface area (Å²) in [5, 5.41) is 10.0. The van der Waals surface area contributed by atoms with Gasteiger partial charge in [0.15, 0.2) is 0 Å². The third-order valence-corrected chi connectivity index (χ3v) is 5.07. The highest BCUT2D eigenvalue weighted by Gasteiger charge is 2.21. The number of nitrogens with one attached hydrogen (secondary N) is 3. The lowest BCUT2D eigenvalue weighted by molar-refractivity contribution is -0.139. The minimum absolute atomic E-state index is 0.0949. The Morgan fingerprint density at radius 2 is 1.89 bits per heavy atom. The van der Waals surface area contributed by atoms with Crippen molar-refractivity contribution in [3.8, 4) is 0 Å². The van der Waals surface area contributed by atoms with Gasteiger partial charge in [0.05, 0.1) is 6.21 Å². The summed E-state index contributed by atoms with van der Waals surface area (Å²) in [6.45, 7) is 2.03. The molecule has 0 bridgehead atoms. The molecule has 1 saturated carbocycles. The van der Waals surface area contributed by atoms with Crippen LogP contribution < -0.4 is 16.1 Å². The number of hydrazone groups is 1. The first kappa shape index (κ1) is 20.1. The van der Waals surface area contributed by atoms with Gasteiger partial charge < -0.3 is 10.6 Å². The zero-order valence-electron chi connectivity index (χ0n) is 15.7. The number of hydrogen-bond acceptors (Lipinski definition) is 4. The Balaban J connectivity index is 1.64. The quantitative estimate of drug-likeness (QED) is 0.371. The monoisotopic (exact) mass is 442 g/mol. The predicted molar refractivity (Wildman–Crippen MR) is 115 cm³/mol. The van der Waals surface area contributed by atoms with Crippen molar-refractivity contribution in [1.29, 1.82) is 0 Å². The lowest BCUT2D eigenvalue weighted by atomic mass is 10.1. The van der Waals surface area contributed by atoms with Gasteiger partial charge in [-0.1, -0.05) is 40.9 Å². The summed E-state index contributed by atoms with van der Waals surface area (Å²) < 4.78 is 0.883. The third kappa shape index (κ3) is 5.66. The zero-order chi connectivity index (χ0) is 19.9. The van der Waals surface area contributed by atoms with E-state index in [-0.39, 0.29) is 6.04 Å². The molecule has 0 spiro atoms. The van der Waals surface area contributed by atoms with Gasteiger partial charge in [-0.2, -0.15) is 5.10 Å². The van der Waals surface area contributed by atoms with Crippen LogP contribution in [0.15, 0.2) is 52.0 Å². The fourth-order valence-corrected chi connectivity index (χ4v) is 3.54. The molecule has 7 heteroatoms. The highest BCUT2D eigenvalue weighted by atomic mass is 79.9. The van der Waals surface area contributed by atoms with Crippen molar-refractivity contribution in [1.82, 2.24) is 10.7 Å². The second kappa shape index (κ2) is 9.50. The van der Waals surface area contributed by atoms with Crippen LogP contribution in [0.4, 0.5) is 11.4 Å². The largest absolute Gasteiger partial charge is 0.355 e. The average Bonchev–Trinajstić information content (AvgIpc) is 3.17. The van der Waals surface area contributed by atoms with Crippen LogP contribution in [-0.4, -0.2) is 24.1 Å². The lowest BCUT2D eigenvalue weighted by Gasteiger charge is -2.11. The maximum atomic E-state index is 11.9. The molecule has 0 aromatic heterocycles. The Morgan fingerprint density at radius 3 is 2.64 bits per heavy atom. The van der Waals surface area contributed by atoms with Gasteiger partial charge in [-0.05, 0) is 55.7 Å². The van der Waals surface area contributed by atoms with E-state index in [0.717, 1.165) is 52.7 Å². The number of carbonyl (C=O) groups excluding carboxylic acids is 2. The molecule has 0 heterocycles. The summed E-state index contributed by atoms with van der Waals surface area (Å²) >= 11 is 3.45. The Labute approximate surface area is 172 Å². The highest BCUT2D eigenvalue weighted by molar-refractivity contribution is 9.10. The molecule has 146 valence electrons. The molecule has 1 fully saturated rings. The van der Waals surface area contributed by atoms with Crippen LogP contribution in [0.2, 0.25) is 0 Å². The maximum absolute atomic E-state index is 11.9. The fraction of sp³-hybridized carbons (Fsp3) is 0.286. The lowest BCUT2D eigenvalue weighted by Crippen LogP contribution is -2.42. The van der Waals surface area contributed by atoms with Crippen molar-refractivity contribution in [3.63, 3.8) is 0 Å². The van der Waals surface area contributed by atoms with Gasteiger partial charge in [-0.15, -0.1) is 0 Å². The number of anilines is 2. The highest BCUT2D eigenvalue weighted by Crippen LogP contribution is 2.24. The van der Waals surface area contributed by atoms with Crippen LogP contribution >= 0.6 is 15.9 Å². The topological polar surface area (TPSA) is 82.6 Å². The van der Waals surface area contributed by atoms with Gasteiger partial charge in [-0.3, -0.25) is 9.59 Å². The first-order valence-corrected chi connectivity index (χ1v) is 10.1. The first-order valence-electron chi connectivity index (χ1n) is 9.28. The Kier molecular flexibility index (Phi) is 6.81. The molecule has 0 radical (unpaired) electrons. The van der Waals surface area contributed by atoms with Crippen molar-refractivity contribution >= 4 is 45.3 Å². The standard InChI is InChI=1S/C21H23BrN4O2/c1-14-5-4-8-18(11-14)24-19-10-9-16(22)12-15(19)13-23-26-21(28)20(27)25-17-6-2-3-7-17/h4-5,8-13,17,24H,2-3,6-7H2,1H3,(H,25,27)(H,26,28)/b23-13-. The molecule has 6 nitrogen and oxygen atoms in total. The molecule has 1 aliphatic rings. The van der Waals surface area contributed by atoms with Crippen LogP contribution in [0.1, 0.15) is 36.8 Å². The molecule has 2 aromatic carbocycles. The predicted octanol–water partition coefficient (Wildman–Crippen LogP) is 4.01. The summed E-state index contributed by atoms with van der Waals surface area (Å²) in [7, 11) is 0. The fourth-order valence-electron chi connectivity index (χ4n) is 3.16. The zero-order valence-corrected chi connectivity index (χ0v) is 17.3. The van der Waals surface area contributed by atoms with Crippen molar-refractivity contribution in [2.45, 2.75) is 38.6 Å². The summed E-state index contributed by atoms with van der Waals surface area (Å²) in [6, 6.07) is 13.8. The van der Waals surface area contributed by atoms with E-state index < -0.39 is 11.8 Å². The number of aryl methyl sites for hydroxylation is 1. The summed E-state index contributed by atoms with van der Waals surface area (Å²) in [5.74, 6) is -1.40. The van der Waals surface area contributed by atoms with E-state index in [1.165, 1.54) is 6.21 Å². The minimum atomic E-state index is -0.758. The van der Waals surface area contributed by atoms with Crippen LogP contribution in [0.3, 0.4) is 0 Å². The van der Waals surface area contributed by atoms with Crippen molar-refractivity contribution in [3.05, 3.63) is 58.1 Å². The second-order valence-corrected chi connectivity index (χ2v) is 7.80. The van der Waals surface area contributed by atoms with E-state index in [2.05, 4.69) is 37.1 Å². The summed E-state index contributed by atoms with van der Waals surface area (Å²) in [6.07, 6.45) is 5.54. The summed E-state index contributed by atoms with van der Waals surface area (Å²) in [4.78, 5) is 23.9. The number of amides is 2. The SMILES string of the molecule is Cc1cccc(Nc2ccc(Br)cc2/C=N\NC(=O)C(=O)NC2CCCC2)c1. The number of nitrogens with zero attached hydrogens (tertiary/aromatic N) is 1. The van der Waals surface area contributed by atoms with E-state index >= 15 is 0 Å². The van der Waals surface area contributed by atoms with Gasteiger partial charge in [0, 0.05) is 27.5 Å². The Morgan fingerprint density at radius 1 is 1.11 bits per heavy atom. The molecule has 3 N–H and O–H groups in total. The third-order valence-electron chi connectivity index (χ3n) is 4.58. The maximum Gasteiger partial charge on any atom is 0.329 e. The molecular weight excluding hydrogens is 420 g/mol. The number of benzene rings is 2. The molecule has 0 saturated heterocycles. The van der Waals surface area contributed by atoms with Crippen molar-refractivity contribution in [2.75, 3.05) is 5.32 Å². The molecule has 3 rings (SSSR count). The smallest absolute Gasteiger partial charge is 0.329 e. The normalized spacial score (nSPS) is 14.2. The average molecular weight is 443 g/mol. The molecule has 0 atom stereocenters. The van der Waals surface area contributed by atoms with Gasteiger partial charge in [0.1, 0.15) is 0 Å². The Bertz CT molecular complexity index is 892. The van der Waals surface area contributed by atoms with E-state index in [4.69, 9.17) is 0 Å². The van der Waals surface area contributed by atoms with Gasteiger partial charge in [-0.25, -0.2) is 5.43 Å². The molecule has 28 heavy (non-hydrogen) atoms. The van der Waals surface area contributed by atoms with Crippen LogP contribution in [-0.2, 0) is 9.59 Å². The van der Waals surface area contributed by atoms with Crippen LogP contribution in [0, 0.1) is 6.92 Å². The van der Waals surface area contributed by atoms with Crippen LogP contribution in [0.5, 0.6) is 0 Å². The summed E-state index contributed by atoms with van der Waals surface area (Å²) in [5.41, 5.74) is 6.01. The second-order valence-electron chi connectivity index (χ2n) is 6.88. The van der Waals surface area contributed by atoms with Gasteiger partial charge >= 0.3 is 11.8 Å². The number of carbonyl (C=O) groups is 2. The van der Waals surface area contributed by atoms with E-state index in [9.17, 15) is 9.59 Å². The first-order chi connectivity index (χ1) is 13.5. The van der Waals surface area contributed by atoms with Crippen molar-refractivity contribution in [2.24, 2.45) is 5.10 Å². The molecular formula is C21H23BrN4O2. The number of rotatable bonds is 5. The number of halogens is 1. The van der Waals surface area contributed by atoms with Gasteiger partial charge in [0.25, 0.3) is 0 Å². The van der Waals surface area contributed by atoms with E-state index in [0.29, 0.717) is 0 Å². The molecule has 1 aliphatic carbocycles. The van der Waals surface area contributed by atoms with E-state index in [1.807, 2.05) is 49.4 Å². The number of hydrogen-bond donors (Lipinski definition) is 3. The Hall–Kier alpha value is -2.67. The molecule has 2 aromatic rings. The van der Waals surface area contributed by atoms with Gasteiger partial charge in [0.2, 0.25) is 0 Å². The van der Waals surface area contributed by atoms with Crippen LogP contribution in [0.25, 0.3) is 0 Å². The minimum Gasteiger partial charge on any atom is -0.355 e. The molecule has 0 unspecified atom stereocenters. The molecule has 2 amide bonds. The molecule has 0 aliphatic heterocycles. The van der Waals surface area contributed by atoms with E-state index in [1.54, 1.807) is 0 Å². The van der Waals surface area contributed by atoms with Crippen molar-refractivity contribution < 1.29 is 9.59 Å².